The molecule has 0 unspecified atom stereocenters. The zero-order valence-corrected chi connectivity index (χ0v) is 16.1. The maximum absolute atomic E-state index is 12.3. The lowest BCUT2D eigenvalue weighted by Crippen LogP contribution is -2.34. The van der Waals surface area contributed by atoms with Crippen molar-refractivity contribution in [2.24, 2.45) is 0 Å². The fourth-order valence-electron chi connectivity index (χ4n) is 3.09. The predicted molar refractivity (Wildman–Crippen MR) is 102 cm³/mol. The average Bonchev–Trinajstić information content (AvgIpc) is 3.16. The number of nitrogens with zero attached hydrogens (tertiary/aromatic N) is 1. The van der Waals surface area contributed by atoms with Crippen LogP contribution in [0.15, 0.2) is 41.0 Å². The summed E-state index contributed by atoms with van der Waals surface area (Å²) in [5, 5.41) is 2.87. The highest BCUT2D eigenvalue weighted by atomic mass is 32.2. The number of aryl methyl sites for hydroxylation is 1. The molecule has 0 radical (unpaired) electrons. The first-order chi connectivity index (χ1) is 12.9. The summed E-state index contributed by atoms with van der Waals surface area (Å²) in [5.74, 6) is 0.608. The van der Waals surface area contributed by atoms with Gasteiger partial charge in [-0.05, 0) is 55.2 Å². The quantitative estimate of drug-likeness (QED) is 0.697. The third-order valence-corrected chi connectivity index (χ3v) is 5.57. The van der Waals surface area contributed by atoms with Crippen molar-refractivity contribution >= 4 is 21.6 Å². The maximum Gasteiger partial charge on any atom is 0.251 e. The van der Waals surface area contributed by atoms with Gasteiger partial charge in [-0.25, -0.2) is 8.42 Å². The number of ether oxygens (including phenoxy) is 1. The van der Waals surface area contributed by atoms with Gasteiger partial charge in [-0.3, -0.25) is 9.10 Å². The van der Waals surface area contributed by atoms with Gasteiger partial charge < -0.3 is 14.5 Å². The van der Waals surface area contributed by atoms with Crippen LogP contribution in [0.1, 0.15) is 34.5 Å². The number of hydrogen-bond donors (Lipinski definition) is 1. The highest BCUT2D eigenvalue weighted by Crippen LogP contribution is 2.29. The minimum atomic E-state index is -3.30. The zero-order chi connectivity index (χ0) is 19.3. The molecule has 0 bridgehead atoms. The van der Waals surface area contributed by atoms with Crippen LogP contribution in [0.4, 0.5) is 5.69 Å². The maximum atomic E-state index is 12.3. The number of nitrogens with one attached hydrogen (secondary N) is 1. The van der Waals surface area contributed by atoms with Crippen LogP contribution in [0.25, 0.3) is 0 Å². The van der Waals surface area contributed by atoms with Gasteiger partial charge in [-0.15, -0.1) is 0 Å². The first-order valence-electron chi connectivity index (χ1n) is 8.94. The second-order valence-electron chi connectivity index (χ2n) is 6.52. The van der Waals surface area contributed by atoms with Gasteiger partial charge >= 0.3 is 0 Å². The smallest absolute Gasteiger partial charge is 0.251 e. The Morgan fingerprint density at radius 3 is 2.93 bits per heavy atom. The molecule has 1 amide bonds. The summed E-state index contributed by atoms with van der Waals surface area (Å²) in [5.41, 5.74) is 2.10. The van der Waals surface area contributed by atoms with Crippen LogP contribution in [0.3, 0.4) is 0 Å². The summed E-state index contributed by atoms with van der Waals surface area (Å²) in [7, 11) is -3.30. The Kier molecular flexibility index (Phi) is 6.18. The van der Waals surface area contributed by atoms with E-state index in [0.29, 0.717) is 44.0 Å². The molecular formula is C19H24N2O5S. The lowest BCUT2D eigenvalue weighted by Gasteiger charge is -2.29. The second-order valence-corrected chi connectivity index (χ2v) is 8.43. The Morgan fingerprint density at radius 1 is 1.33 bits per heavy atom. The van der Waals surface area contributed by atoms with Gasteiger partial charge in [0.05, 0.1) is 18.2 Å². The third kappa shape index (κ3) is 5.11. The number of carbonyl (C=O) groups is 1. The van der Waals surface area contributed by atoms with Crippen LogP contribution in [-0.2, 0) is 27.8 Å². The molecule has 0 saturated heterocycles. The van der Waals surface area contributed by atoms with E-state index in [1.54, 1.807) is 24.5 Å². The van der Waals surface area contributed by atoms with Gasteiger partial charge in [0.15, 0.2) is 0 Å². The molecule has 1 N–H and O–H groups in total. The van der Waals surface area contributed by atoms with E-state index >= 15 is 0 Å². The minimum Gasteiger partial charge on any atom is -0.467 e. The summed E-state index contributed by atoms with van der Waals surface area (Å²) in [6.45, 7) is 1.93. The first-order valence-corrected chi connectivity index (χ1v) is 10.8. The van der Waals surface area contributed by atoms with Crippen molar-refractivity contribution in [2.75, 3.05) is 30.3 Å². The van der Waals surface area contributed by atoms with E-state index in [2.05, 4.69) is 5.32 Å². The number of hydrogen-bond acceptors (Lipinski definition) is 5. The van der Waals surface area contributed by atoms with Gasteiger partial charge in [0.2, 0.25) is 10.0 Å². The van der Waals surface area contributed by atoms with Gasteiger partial charge in [-0.2, -0.15) is 0 Å². The van der Waals surface area contributed by atoms with E-state index in [1.165, 1.54) is 10.6 Å². The molecule has 2 aromatic rings. The molecule has 27 heavy (non-hydrogen) atoms. The van der Waals surface area contributed by atoms with Crippen molar-refractivity contribution in [3.05, 3.63) is 53.5 Å². The molecule has 1 aliphatic heterocycles. The summed E-state index contributed by atoms with van der Waals surface area (Å²) in [6.07, 6.45) is 5.02. The van der Waals surface area contributed by atoms with Crippen molar-refractivity contribution < 1.29 is 22.4 Å². The van der Waals surface area contributed by atoms with Gasteiger partial charge in [0.1, 0.15) is 12.4 Å². The van der Waals surface area contributed by atoms with E-state index < -0.39 is 10.0 Å². The lowest BCUT2D eigenvalue weighted by atomic mass is 10.0. The Hall–Kier alpha value is -2.32. The van der Waals surface area contributed by atoms with Crippen LogP contribution in [0.2, 0.25) is 0 Å². The molecule has 0 spiro atoms. The van der Waals surface area contributed by atoms with E-state index in [1.807, 2.05) is 12.1 Å². The SMILES string of the molecule is CS(=O)(=O)N1CCCc2cc(C(=O)NCCCOCc3ccco3)ccc21. The summed E-state index contributed by atoms with van der Waals surface area (Å²) < 4.78 is 35.9. The number of amides is 1. The predicted octanol–water partition coefficient (Wildman–Crippen LogP) is 2.33. The van der Waals surface area contributed by atoms with Crippen molar-refractivity contribution in [3.63, 3.8) is 0 Å². The molecule has 1 aromatic heterocycles. The van der Waals surface area contributed by atoms with Crippen LogP contribution in [0.5, 0.6) is 0 Å². The highest BCUT2D eigenvalue weighted by Gasteiger charge is 2.24. The average molecular weight is 392 g/mol. The lowest BCUT2D eigenvalue weighted by molar-refractivity contribution is 0.0917. The Bertz CT molecular complexity index is 878. The van der Waals surface area contributed by atoms with Crippen LogP contribution >= 0.6 is 0 Å². The standard InChI is InChI=1S/C19H24N2O5S/c1-27(23,24)21-10-2-5-15-13-16(7-8-18(15)21)19(22)20-9-4-11-25-14-17-6-3-12-26-17/h3,6-8,12-13H,2,4-5,9-11,14H2,1H3,(H,20,22). The molecule has 8 heteroatoms. The summed E-state index contributed by atoms with van der Waals surface area (Å²) in [4.78, 5) is 12.3. The third-order valence-electron chi connectivity index (χ3n) is 4.39. The number of fused-ring (bicyclic) bond motifs is 1. The molecule has 0 aliphatic carbocycles. The molecule has 0 atom stereocenters. The van der Waals surface area contributed by atoms with Crippen LogP contribution in [-0.4, -0.2) is 40.3 Å². The second kappa shape index (κ2) is 8.58. The van der Waals surface area contributed by atoms with E-state index in [4.69, 9.17) is 9.15 Å². The molecule has 1 aromatic carbocycles. The normalized spacial score (nSPS) is 14.0. The fourth-order valence-corrected chi connectivity index (χ4v) is 4.09. The Balaban J connectivity index is 1.49. The molecule has 7 nitrogen and oxygen atoms in total. The topological polar surface area (TPSA) is 88.9 Å². The molecule has 146 valence electrons. The number of carbonyl (C=O) groups excluding carboxylic acids is 1. The summed E-state index contributed by atoms with van der Waals surface area (Å²) in [6, 6.07) is 8.84. The molecule has 0 fully saturated rings. The van der Waals surface area contributed by atoms with Crippen molar-refractivity contribution in [2.45, 2.75) is 25.9 Å². The van der Waals surface area contributed by atoms with Crippen LogP contribution in [0, 0.1) is 0 Å². The molecule has 1 aliphatic rings. The van der Waals surface area contributed by atoms with Gasteiger partial charge in [-0.1, -0.05) is 0 Å². The number of sulfonamides is 1. The van der Waals surface area contributed by atoms with Crippen molar-refractivity contribution in [3.8, 4) is 0 Å². The molecular weight excluding hydrogens is 368 g/mol. The van der Waals surface area contributed by atoms with Gasteiger partial charge in [0, 0.05) is 25.3 Å². The van der Waals surface area contributed by atoms with E-state index in [9.17, 15) is 13.2 Å². The van der Waals surface area contributed by atoms with Crippen molar-refractivity contribution in [1.82, 2.24) is 5.32 Å². The largest absolute Gasteiger partial charge is 0.467 e. The number of anilines is 1. The van der Waals surface area contributed by atoms with Crippen molar-refractivity contribution in [1.29, 1.82) is 0 Å². The first kappa shape index (κ1) is 19.4. The zero-order valence-electron chi connectivity index (χ0n) is 15.3. The number of furan rings is 1. The van der Waals surface area contributed by atoms with Gasteiger partial charge in [0.25, 0.3) is 5.91 Å². The highest BCUT2D eigenvalue weighted by molar-refractivity contribution is 7.92. The number of rotatable bonds is 8. The fraction of sp³-hybridized carbons (Fsp3) is 0.421. The van der Waals surface area contributed by atoms with E-state index in [0.717, 1.165) is 24.2 Å². The summed E-state index contributed by atoms with van der Waals surface area (Å²) >= 11 is 0. The Labute approximate surface area is 159 Å². The van der Waals surface area contributed by atoms with Crippen LogP contribution < -0.4 is 9.62 Å². The molecule has 3 rings (SSSR count). The number of benzene rings is 1. The molecule has 0 saturated carbocycles. The minimum absolute atomic E-state index is 0.166. The monoisotopic (exact) mass is 392 g/mol. The van der Waals surface area contributed by atoms with E-state index in [-0.39, 0.29) is 5.91 Å². The molecule has 2 heterocycles. The Morgan fingerprint density at radius 2 is 2.19 bits per heavy atom.